The van der Waals surface area contributed by atoms with Gasteiger partial charge < -0.3 is 14.2 Å². The average Bonchev–Trinajstić information content (AvgIpc) is 3.46. The van der Waals surface area contributed by atoms with Gasteiger partial charge in [0, 0.05) is 33.4 Å². The van der Waals surface area contributed by atoms with Crippen LogP contribution in [0.3, 0.4) is 0 Å². The smallest absolute Gasteiger partial charge is 0.256 e. The standard InChI is InChI=1S/C42H27BN2O/c1-2-13-29(14-3-1)44-36-20-9-5-16-31(36)32-27-28(25-26-37(32)44)30-15-4-8-19-35(30)45-38-21-10-6-17-33(38)43-34-18-7-11-23-40(34)46-41-24-12-22-39(45)42(41)43/h1-27H. The summed E-state index contributed by atoms with van der Waals surface area (Å²) in [5.74, 6) is 1.86. The summed E-state index contributed by atoms with van der Waals surface area (Å²) in [7, 11) is 0. The Balaban J connectivity index is 1.20. The fraction of sp³-hybridized carbons (Fsp3) is 0. The Morgan fingerprint density at radius 3 is 2.04 bits per heavy atom. The van der Waals surface area contributed by atoms with E-state index >= 15 is 0 Å². The molecule has 0 saturated heterocycles. The number of para-hydroxylation sites is 5. The van der Waals surface area contributed by atoms with Crippen LogP contribution in [0.4, 0.5) is 17.1 Å². The first-order valence-corrected chi connectivity index (χ1v) is 15.8. The van der Waals surface area contributed by atoms with E-state index in [1.165, 1.54) is 60.7 Å². The minimum Gasteiger partial charge on any atom is -0.458 e. The van der Waals surface area contributed by atoms with E-state index in [1.54, 1.807) is 0 Å². The first-order valence-electron chi connectivity index (χ1n) is 15.8. The van der Waals surface area contributed by atoms with Crippen molar-refractivity contribution in [2.45, 2.75) is 0 Å². The van der Waals surface area contributed by atoms with E-state index in [-0.39, 0.29) is 6.71 Å². The lowest BCUT2D eigenvalue weighted by atomic mass is 9.34. The van der Waals surface area contributed by atoms with Crippen LogP contribution < -0.4 is 26.0 Å². The quantitative estimate of drug-likeness (QED) is 0.193. The summed E-state index contributed by atoms with van der Waals surface area (Å²) < 4.78 is 8.91. The molecule has 0 saturated carbocycles. The molecular formula is C42H27BN2O. The molecule has 0 amide bonds. The molecule has 0 atom stereocenters. The van der Waals surface area contributed by atoms with Crippen LogP contribution in [0.15, 0.2) is 164 Å². The van der Waals surface area contributed by atoms with Gasteiger partial charge in [0.05, 0.1) is 16.7 Å². The molecule has 46 heavy (non-hydrogen) atoms. The maximum Gasteiger partial charge on any atom is 0.256 e. The van der Waals surface area contributed by atoms with Crippen LogP contribution in [0, 0.1) is 0 Å². The van der Waals surface area contributed by atoms with Gasteiger partial charge in [-0.25, -0.2) is 0 Å². The van der Waals surface area contributed by atoms with Crippen molar-refractivity contribution in [1.82, 2.24) is 4.57 Å². The summed E-state index contributed by atoms with van der Waals surface area (Å²) in [6, 6.07) is 58.9. The van der Waals surface area contributed by atoms with Gasteiger partial charge in [-0.2, -0.15) is 0 Å². The minimum atomic E-state index is 0.108. The molecule has 7 aromatic carbocycles. The molecule has 0 bridgehead atoms. The Bertz CT molecular complexity index is 2480. The van der Waals surface area contributed by atoms with Gasteiger partial charge in [-0.05, 0) is 82.6 Å². The largest absolute Gasteiger partial charge is 0.458 e. The van der Waals surface area contributed by atoms with Gasteiger partial charge in [0.25, 0.3) is 6.71 Å². The first kappa shape index (κ1) is 25.3. The van der Waals surface area contributed by atoms with Crippen LogP contribution in [-0.4, -0.2) is 11.3 Å². The van der Waals surface area contributed by atoms with Gasteiger partial charge >= 0.3 is 0 Å². The zero-order valence-corrected chi connectivity index (χ0v) is 25.0. The summed E-state index contributed by atoms with van der Waals surface area (Å²) in [6.45, 7) is 0.108. The topological polar surface area (TPSA) is 17.4 Å². The summed E-state index contributed by atoms with van der Waals surface area (Å²) in [6.07, 6.45) is 0. The van der Waals surface area contributed by atoms with E-state index in [0.29, 0.717) is 0 Å². The number of hydrogen-bond acceptors (Lipinski definition) is 2. The lowest BCUT2D eigenvalue weighted by Gasteiger charge is -2.40. The van der Waals surface area contributed by atoms with Gasteiger partial charge in [-0.15, -0.1) is 0 Å². The number of fused-ring (bicyclic) bond motifs is 7. The van der Waals surface area contributed by atoms with Crippen molar-refractivity contribution in [3.05, 3.63) is 164 Å². The normalized spacial score (nSPS) is 12.9. The van der Waals surface area contributed by atoms with E-state index in [1.807, 2.05) is 0 Å². The number of hydrogen-bond donors (Lipinski definition) is 0. The second kappa shape index (κ2) is 9.75. The molecule has 4 heteroatoms. The van der Waals surface area contributed by atoms with E-state index in [0.717, 1.165) is 22.9 Å². The van der Waals surface area contributed by atoms with E-state index in [4.69, 9.17) is 4.74 Å². The van der Waals surface area contributed by atoms with Gasteiger partial charge in [-0.1, -0.05) is 103 Å². The molecule has 0 unspecified atom stereocenters. The van der Waals surface area contributed by atoms with E-state index in [2.05, 4.69) is 173 Å². The molecule has 214 valence electrons. The van der Waals surface area contributed by atoms with Gasteiger partial charge in [0.1, 0.15) is 11.5 Å². The number of rotatable bonds is 3. The number of aromatic nitrogens is 1. The second-order valence-electron chi connectivity index (χ2n) is 12.1. The molecule has 0 radical (unpaired) electrons. The van der Waals surface area contributed by atoms with Gasteiger partial charge in [0.15, 0.2) is 0 Å². The van der Waals surface area contributed by atoms with Crippen LogP contribution in [0.1, 0.15) is 0 Å². The van der Waals surface area contributed by atoms with Crippen LogP contribution in [0.2, 0.25) is 0 Å². The first-order chi connectivity index (χ1) is 22.8. The minimum absolute atomic E-state index is 0.108. The Labute approximate surface area is 267 Å². The number of anilines is 3. The van der Waals surface area contributed by atoms with E-state index in [9.17, 15) is 0 Å². The fourth-order valence-corrected chi connectivity index (χ4v) is 7.75. The van der Waals surface area contributed by atoms with Crippen molar-refractivity contribution >= 4 is 62.0 Å². The van der Waals surface area contributed by atoms with Crippen molar-refractivity contribution in [3.63, 3.8) is 0 Å². The second-order valence-corrected chi connectivity index (χ2v) is 12.1. The monoisotopic (exact) mass is 586 g/mol. The summed E-state index contributed by atoms with van der Waals surface area (Å²) in [5.41, 5.74) is 13.2. The van der Waals surface area contributed by atoms with Crippen molar-refractivity contribution in [2.24, 2.45) is 0 Å². The van der Waals surface area contributed by atoms with Crippen LogP contribution >= 0.6 is 0 Å². The van der Waals surface area contributed by atoms with Crippen molar-refractivity contribution < 1.29 is 4.74 Å². The van der Waals surface area contributed by atoms with Crippen molar-refractivity contribution in [1.29, 1.82) is 0 Å². The molecule has 0 fully saturated rings. The van der Waals surface area contributed by atoms with Crippen molar-refractivity contribution in [3.8, 4) is 28.3 Å². The molecule has 0 spiro atoms. The summed E-state index contributed by atoms with van der Waals surface area (Å²) in [4.78, 5) is 2.44. The molecule has 8 aromatic rings. The van der Waals surface area contributed by atoms with Gasteiger partial charge in [0.2, 0.25) is 0 Å². The third-order valence-corrected chi connectivity index (χ3v) is 9.65. The summed E-state index contributed by atoms with van der Waals surface area (Å²) >= 11 is 0. The summed E-state index contributed by atoms with van der Waals surface area (Å²) in [5, 5.41) is 2.49. The molecule has 0 N–H and O–H groups in total. The number of nitrogens with zero attached hydrogens (tertiary/aromatic N) is 2. The molecule has 10 rings (SSSR count). The van der Waals surface area contributed by atoms with Crippen LogP contribution in [-0.2, 0) is 0 Å². The lowest BCUT2D eigenvalue weighted by molar-refractivity contribution is 0.487. The highest BCUT2D eigenvalue weighted by atomic mass is 16.5. The molecular weight excluding hydrogens is 559 g/mol. The lowest BCUT2D eigenvalue weighted by Crippen LogP contribution is -2.59. The molecule has 1 aromatic heterocycles. The maximum atomic E-state index is 6.54. The Kier molecular flexibility index (Phi) is 5.37. The third kappa shape index (κ3) is 3.55. The Hall–Kier alpha value is -6.00. The predicted octanol–water partition coefficient (Wildman–Crippen LogP) is 8.86. The third-order valence-electron chi connectivity index (χ3n) is 9.65. The molecule has 0 aliphatic carbocycles. The Morgan fingerprint density at radius 1 is 0.457 bits per heavy atom. The predicted molar refractivity (Wildman–Crippen MR) is 192 cm³/mol. The number of benzene rings is 7. The van der Waals surface area contributed by atoms with Gasteiger partial charge in [-0.3, -0.25) is 0 Å². The van der Waals surface area contributed by atoms with Crippen LogP contribution in [0.5, 0.6) is 11.5 Å². The maximum absolute atomic E-state index is 6.54. The fourth-order valence-electron chi connectivity index (χ4n) is 7.75. The number of ether oxygens (including phenoxy) is 1. The Morgan fingerprint density at radius 2 is 1.13 bits per heavy atom. The molecule has 2 aliphatic heterocycles. The van der Waals surface area contributed by atoms with Crippen molar-refractivity contribution in [2.75, 3.05) is 4.90 Å². The van der Waals surface area contributed by atoms with Crippen LogP contribution in [0.25, 0.3) is 38.6 Å². The zero-order valence-electron chi connectivity index (χ0n) is 25.0. The molecule has 2 aliphatic rings. The molecule has 3 nitrogen and oxygen atoms in total. The highest BCUT2D eigenvalue weighted by molar-refractivity contribution is 6.99. The SMILES string of the molecule is c1ccc(-n2c3ccccc3c3cc(-c4ccccc4N4c5ccccc5B5c6ccccc6Oc6cccc4c65)ccc32)cc1. The molecule has 3 heterocycles. The highest BCUT2D eigenvalue weighted by Crippen LogP contribution is 2.45. The van der Waals surface area contributed by atoms with E-state index < -0.39 is 0 Å². The average molecular weight is 587 g/mol. The zero-order chi connectivity index (χ0) is 30.2. The highest BCUT2D eigenvalue weighted by Gasteiger charge is 2.41.